The van der Waals surface area contributed by atoms with Crippen molar-refractivity contribution in [1.29, 1.82) is 0 Å². The molecule has 0 bridgehead atoms. The first-order chi connectivity index (χ1) is 17.0. The highest BCUT2D eigenvalue weighted by Crippen LogP contribution is 2.31. The van der Waals surface area contributed by atoms with Crippen LogP contribution in [0.2, 0.25) is 2.82 Å². The molecule has 6 heteroatoms. The van der Waals surface area contributed by atoms with Gasteiger partial charge >= 0.3 is 0 Å². The Morgan fingerprint density at radius 3 is 1.33 bits per heavy atom. The Morgan fingerprint density at radius 1 is 0.485 bits per heavy atom. The van der Waals surface area contributed by atoms with Crippen LogP contribution in [0.4, 0.5) is 0 Å². The normalized spacial score (nSPS) is 12.8. The molecule has 0 atom stereocenters. The molecule has 3 N–H and O–H groups in total. The fourth-order valence-electron chi connectivity index (χ4n) is 4.83. The summed E-state index contributed by atoms with van der Waals surface area (Å²) in [6, 6.07) is 20.3. The fraction of sp³-hybridized carbons (Fsp3) is 0. The number of H-pyrrole nitrogens is 3. The third-order valence-corrected chi connectivity index (χ3v) is 6.32. The Bertz CT molecular complexity index is 2190. The number of hydrogen-bond donors (Lipinski definition) is 3. The molecule has 4 aromatic carbocycles. The molecule has 0 aliphatic carbocycles. The van der Waals surface area contributed by atoms with Crippen molar-refractivity contribution < 1.29 is 2.82 Å². The van der Waals surface area contributed by atoms with Gasteiger partial charge in [-0.15, -0.1) is 0 Å². The molecule has 0 spiro atoms. The Morgan fingerprint density at radius 2 is 0.848 bits per heavy atom. The predicted molar refractivity (Wildman–Crippen MR) is 133 cm³/mol. The largest absolute Gasteiger partial charge is 0.354 e. The molecule has 3 heterocycles. The first-order valence-corrected chi connectivity index (χ1v) is 10.5. The average Bonchev–Trinajstić information content (AvgIpc) is 2.89. The summed E-state index contributed by atoms with van der Waals surface area (Å²) in [5.74, 6) is 0. The summed E-state index contributed by atoms with van der Waals surface area (Å²) in [7, 11) is 0. The van der Waals surface area contributed by atoms with E-state index in [-0.39, 0.29) is 49.0 Å². The van der Waals surface area contributed by atoms with E-state index in [1.165, 1.54) is 0 Å². The van der Waals surface area contributed by atoms with Crippen molar-refractivity contribution in [1.82, 2.24) is 14.9 Å². The third-order valence-electron chi connectivity index (χ3n) is 6.32. The molecule has 0 saturated carbocycles. The van der Waals surface area contributed by atoms with Gasteiger partial charge in [0, 0.05) is 32.7 Å². The van der Waals surface area contributed by atoms with E-state index in [2.05, 4.69) is 4.98 Å². The van der Waals surface area contributed by atoms with E-state index in [9.17, 15) is 14.4 Å². The highest BCUT2D eigenvalue weighted by Gasteiger charge is 2.21. The van der Waals surface area contributed by atoms with Crippen molar-refractivity contribution >= 4 is 65.4 Å². The lowest BCUT2D eigenvalue weighted by atomic mass is 9.98. The number of nitrogens with one attached hydrogen (secondary N) is 3. The number of para-hydroxylation sites is 3. The van der Waals surface area contributed by atoms with Crippen LogP contribution < -0.4 is 16.3 Å². The van der Waals surface area contributed by atoms with Crippen molar-refractivity contribution in [3.8, 4) is 0 Å². The minimum atomic E-state index is -0.436. The van der Waals surface area contributed by atoms with Crippen molar-refractivity contribution in [2.24, 2.45) is 0 Å². The van der Waals surface area contributed by atoms with Crippen LogP contribution in [0.15, 0.2) is 87.2 Å². The Kier molecular flexibility index (Phi) is 2.99. The summed E-state index contributed by atoms with van der Waals surface area (Å²) in [5, 5.41) is 1.12. The van der Waals surface area contributed by atoms with Gasteiger partial charge in [-0.05, 0) is 36.4 Å². The van der Waals surface area contributed by atoms with Gasteiger partial charge in [-0.25, -0.2) is 0 Å². The summed E-state index contributed by atoms with van der Waals surface area (Å²) in [5.41, 5.74) is 0.322. The van der Waals surface area contributed by atoms with Crippen molar-refractivity contribution in [3.05, 3.63) is 103 Å². The topological polar surface area (TPSA) is 98.6 Å². The first kappa shape index (κ1) is 16.0. The summed E-state index contributed by atoms with van der Waals surface area (Å²) in [6.45, 7) is 0. The van der Waals surface area contributed by atoms with Crippen LogP contribution in [0.5, 0.6) is 0 Å². The van der Waals surface area contributed by atoms with Gasteiger partial charge in [-0.2, -0.15) is 0 Å². The molecular formula is C27H15N3O3. The number of fused-ring (bicyclic) bond motifs is 9. The summed E-state index contributed by atoms with van der Waals surface area (Å²) < 4.78 is 17.9. The molecule has 0 aliphatic heterocycles. The average molecular weight is 431 g/mol. The van der Waals surface area contributed by atoms with Crippen molar-refractivity contribution in [3.63, 3.8) is 0 Å². The number of pyridine rings is 3. The van der Waals surface area contributed by atoms with E-state index >= 15 is 0 Å². The fourth-order valence-corrected chi connectivity index (χ4v) is 4.83. The van der Waals surface area contributed by atoms with Crippen LogP contribution in [-0.4, -0.2) is 14.9 Å². The zero-order valence-corrected chi connectivity index (χ0v) is 17.0. The highest BCUT2D eigenvalue weighted by molar-refractivity contribution is 6.25. The molecule has 3 aromatic heterocycles. The molecule has 0 aliphatic rings. The Labute approximate surface area is 187 Å². The van der Waals surface area contributed by atoms with Gasteiger partial charge in [-0.1, -0.05) is 36.4 Å². The van der Waals surface area contributed by atoms with Crippen molar-refractivity contribution in [2.45, 2.75) is 0 Å². The monoisotopic (exact) mass is 431 g/mol. The molecule has 0 saturated heterocycles. The SMILES string of the molecule is [2H]n1c2ccccc2c(=O)c2c1c1c(=O)c3ccccc3[nH]c1c1c(=O)c3ccccc3n([2H])c12. The predicted octanol–water partition coefficient (Wildman–Crippen LogP) is 4.67. The molecule has 6 nitrogen and oxygen atoms in total. The second kappa shape index (κ2) is 6.17. The van der Waals surface area contributed by atoms with Crippen LogP contribution in [0.3, 0.4) is 0 Å². The molecule has 0 amide bonds. The van der Waals surface area contributed by atoms with E-state index in [1.807, 2.05) is 0 Å². The third kappa shape index (κ3) is 2.24. The van der Waals surface area contributed by atoms with E-state index in [0.29, 0.717) is 27.3 Å². The maximum atomic E-state index is 13.9. The standard InChI is InChI=1S/C27H15N3O3/c31-25-13-7-1-4-10-16(13)28-22-19(25)23-21(27(33)14-8-2-5-11-17(14)29-23)24-20(22)26(32)15-9-3-6-12-18(15)30-24/h1-12H,(H,28,31)(H,29,33)(H,30,32)/i/hD2. The minimum Gasteiger partial charge on any atom is -0.354 e. The van der Waals surface area contributed by atoms with Gasteiger partial charge in [-0.3, -0.25) is 14.4 Å². The van der Waals surface area contributed by atoms with Crippen molar-refractivity contribution in [2.75, 3.05) is 0 Å². The number of aromatic nitrogens is 3. The number of rotatable bonds is 0. The summed E-state index contributed by atoms with van der Waals surface area (Å²) in [6.07, 6.45) is 0. The zero-order chi connectivity index (χ0) is 24.0. The van der Waals surface area contributed by atoms with E-state index < -0.39 is 5.43 Å². The zero-order valence-electron chi connectivity index (χ0n) is 19.0. The van der Waals surface area contributed by atoms with Gasteiger partial charge in [0.15, 0.2) is 19.1 Å². The quantitative estimate of drug-likeness (QED) is 0.240. The molecule has 7 rings (SSSR count). The molecule has 0 radical (unpaired) electrons. The van der Waals surface area contributed by atoms with Crippen LogP contribution in [-0.2, 0) is 0 Å². The lowest BCUT2D eigenvalue weighted by molar-refractivity contribution is 1.44. The van der Waals surface area contributed by atoms with Crippen LogP contribution >= 0.6 is 0 Å². The second-order valence-electron chi connectivity index (χ2n) is 8.11. The van der Waals surface area contributed by atoms with Gasteiger partial charge < -0.3 is 14.9 Å². The molecule has 7 aromatic rings. The van der Waals surface area contributed by atoms with E-state index in [1.54, 1.807) is 72.8 Å². The smallest absolute Gasteiger partial charge is 0.199 e. The molecule has 156 valence electrons. The van der Waals surface area contributed by atoms with Gasteiger partial charge in [0.1, 0.15) is 0 Å². The highest BCUT2D eigenvalue weighted by atomic mass is 16.1. The maximum absolute atomic E-state index is 13.9. The lowest BCUT2D eigenvalue weighted by Crippen LogP contribution is -2.14. The number of hydrogen-bond acceptors (Lipinski definition) is 3. The van der Waals surface area contributed by atoms with Crippen LogP contribution in [0, 0.1) is 0 Å². The van der Waals surface area contributed by atoms with E-state index in [0.717, 1.165) is 9.95 Å². The van der Waals surface area contributed by atoms with Gasteiger partial charge in [0.05, 0.1) is 32.7 Å². The summed E-state index contributed by atoms with van der Waals surface area (Å²) in [4.78, 5) is 46.9. The number of benzene rings is 4. The van der Waals surface area contributed by atoms with Gasteiger partial charge in [0.25, 0.3) is 0 Å². The Balaban J connectivity index is 2.01. The van der Waals surface area contributed by atoms with Crippen LogP contribution in [0.1, 0.15) is 0 Å². The summed E-state index contributed by atoms with van der Waals surface area (Å²) >= 11 is 0. The van der Waals surface area contributed by atoms with E-state index in [4.69, 9.17) is 2.82 Å². The minimum absolute atomic E-state index is 0.000154. The molecule has 33 heavy (non-hydrogen) atoms. The lowest BCUT2D eigenvalue weighted by Gasteiger charge is -2.13. The first-order valence-electron chi connectivity index (χ1n) is 11.4. The second-order valence-corrected chi connectivity index (χ2v) is 8.11. The number of aromatic amines is 3. The van der Waals surface area contributed by atoms with Crippen LogP contribution in [0.25, 0.3) is 65.4 Å². The molecule has 0 fully saturated rings. The molecule has 0 unspecified atom stereocenters. The molecular weight excluding hydrogens is 414 g/mol. The van der Waals surface area contributed by atoms with Gasteiger partial charge in [0.2, 0.25) is 0 Å². The Hall–Kier alpha value is -4.71. The maximum Gasteiger partial charge on any atom is 0.199 e.